The molecule has 0 fully saturated rings. The van der Waals surface area contributed by atoms with Gasteiger partial charge in [0.2, 0.25) is 5.91 Å². The average Bonchev–Trinajstić information content (AvgIpc) is 2.33. The van der Waals surface area contributed by atoms with E-state index in [4.69, 9.17) is 5.11 Å². The molecule has 1 rings (SSSR count). The van der Waals surface area contributed by atoms with Crippen LogP contribution in [-0.2, 0) is 9.59 Å². The van der Waals surface area contributed by atoms with Crippen molar-refractivity contribution in [3.05, 3.63) is 22.8 Å². The number of benzene rings is 1. The lowest BCUT2D eigenvalue weighted by Gasteiger charge is -2.23. The third-order valence-electron chi connectivity index (χ3n) is 2.87. The lowest BCUT2D eigenvalue weighted by atomic mass is 10.2. The fourth-order valence-electron chi connectivity index (χ4n) is 1.85. The van der Waals surface area contributed by atoms with Gasteiger partial charge in [0.15, 0.2) is 0 Å². The zero-order valence-corrected chi connectivity index (χ0v) is 18.0. The number of hydrogen-bond acceptors (Lipinski definition) is 3. The van der Waals surface area contributed by atoms with E-state index in [1.807, 2.05) is 12.1 Å². The largest absolute Gasteiger partial charge is 0.480 e. The predicted octanol–water partition coefficient (Wildman–Crippen LogP) is 3.23. The predicted molar refractivity (Wildman–Crippen MR) is 108 cm³/mol. The van der Waals surface area contributed by atoms with Gasteiger partial charge in [-0.05, 0) is 93.4 Å². The van der Waals surface area contributed by atoms with Gasteiger partial charge in [0.05, 0.1) is 12.2 Å². The molecule has 0 aliphatic rings. The van der Waals surface area contributed by atoms with Crippen LogP contribution >= 0.6 is 67.8 Å². The fraction of sp³-hybridized carbons (Fsp3) is 0.385. The van der Waals surface area contributed by atoms with E-state index in [2.05, 4.69) is 73.1 Å². The van der Waals surface area contributed by atoms with Gasteiger partial charge in [-0.15, -0.1) is 0 Å². The summed E-state index contributed by atoms with van der Waals surface area (Å²) >= 11 is 6.58. The standard InChI is InChI=1S/C13H15I3N2O3/c1-3-10(13(20)21)18(2)6-11(19)17-12-8(15)4-7(14)5-9(12)16/h4-5,10H,3,6H2,1-2H3,(H,17,19)(H,20,21). The molecule has 21 heavy (non-hydrogen) atoms. The van der Waals surface area contributed by atoms with Crippen LogP contribution in [0.2, 0.25) is 0 Å². The number of carbonyl (C=O) groups is 2. The van der Waals surface area contributed by atoms with Crippen LogP contribution in [0, 0.1) is 10.7 Å². The molecule has 0 saturated carbocycles. The van der Waals surface area contributed by atoms with E-state index < -0.39 is 12.0 Å². The number of carboxylic acids is 1. The third kappa shape index (κ3) is 5.78. The maximum Gasteiger partial charge on any atom is 0.320 e. The first-order valence-electron chi connectivity index (χ1n) is 6.13. The quantitative estimate of drug-likeness (QED) is 0.476. The summed E-state index contributed by atoms with van der Waals surface area (Å²) in [5, 5.41) is 12.0. The van der Waals surface area contributed by atoms with Gasteiger partial charge in [-0.3, -0.25) is 14.5 Å². The molecule has 1 aromatic carbocycles. The van der Waals surface area contributed by atoms with E-state index >= 15 is 0 Å². The van der Waals surface area contributed by atoms with E-state index in [1.54, 1.807) is 18.9 Å². The number of amides is 1. The molecule has 0 radical (unpaired) electrons. The van der Waals surface area contributed by atoms with Gasteiger partial charge >= 0.3 is 5.97 Å². The number of hydrogen-bond donors (Lipinski definition) is 2. The average molecular weight is 628 g/mol. The van der Waals surface area contributed by atoms with Crippen molar-refractivity contribution in [2.24, 2.45) is 0 Å². The lowest BCUT2D eigenvalue weighted by molar-refractivity contribution is -0.143. The van der Waals surface area contributed by atoms with Crippen LogP contribution in [0.25, 0.3) is 0 Å². The Morgan fingerprint density at radius 2 is 1.81 bits per heavy atom. The summed E-state index contributed by atoms with van der Waals surface area (Å²) in [5.41, 5.74) is 0.776. The smallest absolute Gasteiger partial charge is 0.320 e. The zero-order valence-electron chi connectivity index (χ0n) is 11.5. The second-order valence-electron chi connectivity index (χ2n) is 4.47. The summed E-state index contributed by atoms with van der Waals surface area (Å²) in [6.07, 6.45) is 0.456. The lowest BCUT2D eigenvalue weighted by Crippen LogP contribution is -2.42. The summed E-state index contributed by atoms with van der Waals surface area (Å²) in [6.45, 7) is 1.83. The van der Waals surface area contributed by atoms with E-state index in [0.29, 0.717) is 6.42 Å². The molecular formula is C13H15I3N2O3. The Labute approximate surface area is 164 Å². The van der Waals surface area contributed by atoms with Crippen LogP contribution in [0.15, 0.2) is 12.1 Å². The van der Waals surface area contributed by atoms with Crippen LogP contribution in [0.4, 0.5) is 5.69 Å². The van der Waals surface area contributed by atoms with E-state index in [0.717, 1.165) is 16.4 Å². The van der Waals surface area contributed by atoms with Gasteiger partial charge in [0.1, 0.15) is 6.04 Å². The molecule has 0 aromatic heterocycles. The monoisotopic (exact) mass is 628 g/mol. The summed E-state index contributed by atoms with van der Waals surface area (Å²) in [5.74, 6) is -1.12. The third-order valence-corrected chi connectivity index (χ3v) is 5.19. The molecule has 1 unspecified atom stereocenters. The molecule has 0 saturated heterocycles. The number of rotatable bonds is 6. The molecule has 0 aliphatic heterocycles. The molecule has 5 nitrogen and oxygen atoms in total. The molecular weight excluding hydrogens is 613 g/mol. The van der Waals surface area contributed by atoms with Crippen molar-refractivity contribution >= 4 is 85.3 Å². The van der Waals surface area contributed by atoms with Gasteiger partial charge in [0.25, 0.3) is 0 Å². The van der Waals surface area contributed by atoms with Gasteiger partial charge < -0.3 is 10.4 Å². The molecule has 0 bridgehead atoms. The van der Waals surface area contributed by atoms with Crippen molar-refractivity contribution in [1.82, 2.24) is 4.90 Å². The minimum Gasteiger partial charge on any atom is -0.480 e. The molecule has 1 aromatic rings. The second kappa shape index (κ2) is 8.82. The Morgan fingerprint density at radius 3 is 2.24 bits per heavy atom. The number of aliphatic carboxylic acids is 1. The SMILES string of the molecule is CCC(C(=O)O)N(C)CC(=O)Nc1c(I)cc(I)cc1I. The second-order valence-corrected chi connectivity index (χ2v) is 8.04. The van der Waals surface area contributed by atoms with Crippen LogP contribution in [0.5, 0.6) is 0 Å². The molecule has 0 heterocycles. The number of carboxylic acid groups (broad SMARTS) is 1. The van der Waals surface area contributed by atoms with Crippen molar-refractivity contribution in [3.63, 3.8) is 0 Å². The highest BCUT2D eigenvalue weighted by Crippen LogP contribution is 2.27. The molecule has 0 spiro atoms. The van der Waals surface area contributed by atoms with Gasteiger partial charge in [-0.25, -0.2) is 0 Å². The first-order valence-corrected chi connectivity index (χ1v) is 9.37. The first-order chi connectivity index (χ1) is 9.76. The molecule has 8 heteroatoms. The summed E-state index contributed by atoms with van der Waals surface area (Å²) < 4.78 is 3.03. The van der Waals surface area contributed by atoms with E-state index in [9.17, 15) is 9.59 Å². The number of nitrogens with one attached hydrogen (secondary N) is 1. The Bertz CT molecular complexity index is 528. The highest BCUT2D eigenvalue weighted by atomic mass is 127. The minimum absolute atomic E-state index is 0.0446. The zero-order chi connectivity index (χ0) is 16.2. The van der Waals surface area contributed by atoms with Gasteiger partial charge in [-0.1, -0.05) is 6.92 Å². The van der Waals surface area contributed by atoms with Crippen LogP contribution in [0.3, 0.4) is 0 Å². The highest BCUT2D eigenvalue weighted by molar-refractivity contribution is 14.1. The van der Waals surface area contributed by atoms with Crippen molar-refractivity contribution < 1.29 is 14.7 Å². The molecule has 1 atom stereocenters. The maximum atomic E-state index is 12.1. The Hall–Kier alpha value is 0.310. The van der Waals surface area contributed by atoms with Crippen molar-refractivity contribution in [2.75, 3.05) is 18.9 Å². The molecule has 2 N–H and O–H groups in total. The van der Waals surface area contributed by atoms with Crippen molar-refractivity contribution in [2.45, 2.75) is 19.4 Å². The van der Waals surface area contributed by atoms with Gasteiger partial charge in [0, 0.05) is 10.7 Å². The van der Waals surface area contributed by atoms with E-state index in [1.165, 1.54) is 0 Å². The van der Waals surface area contributed by atoms with Crippen molar-refractivity contribution in [1.29, 1.82) is 0 Å². The molecule has 1 amide bonds. The number of anilines is 1. The van der Waals surface area contributed by atoms with Crippen LogP contribution in [0.1, 0.15) is 13.3 Å². The van der Waals surface area contributed by atoms with Gasteiger partial charge in [-0.2, -0.15) is 0 Å². The maximum absolute atomic E-state index is 12.1. The number of carbonyl (C=O) groups excluding carboxylic acids is 1. The van der Waals surface area contributed by atoms with Crippen molar-refractivity contribution in [3.8, 4) is 0 Å². The normalized spacial score (nSPS) is 12.3. The Balaban J connectivity index is 2.77. The summed E-state index contributed by atoms with van der Waals surface area (Å²) in [7, 11) is 1.64. The number of halogens is 3. The molecule has 116 valence electrons. The van der Waals surface area contributed by atoms with E-state index in [-0.39, 0.29) is 12.5 Å². The topological polar surface area (TPSA) is 69.6 Å². The first kappa shape index (κ1) is 19.4. The Kier molecular flexibility index (Phi) is 8.13. The summed E-state index contributed by atoms with van der Waals surface area (Å²) in [4.78, 5) is 24.7. The number of nitrogens with zero attached hydrogens (tertiary/aromatic N) is 1. The highest BCUT2D eigenvalue weighted by Gasteiger charge is 2.22. The van der Waals surface area contributed by atoms with Crippen LogP contribution < -0.4 is 5.32 Å². The minimum atomic E-state index is -0.911. The molecule has 0 aliphatic carbocycles. The summed E-state index contributed by atoms with van der Waals surface area (Å²) in [6, 6.07) is 3.31. The van der Waals surface area contributed by atoms with Crippen LogP contribution in [-0.4, -0.2) is 41.5 Å². The Morgan fingerprint density at radius 1 is 1.29 bits per heavy atom. The fourth-order valence-corrected chi connectivity index (χ4v) is 5.70. The number of likely N-dealkylation sites (N-methyl/N-ethyl adjacent to an activating group) is 1.